The smallest absolute Gasteiger partial charge is 0.382 e. The standard InChI is InChI=1S/C24H21ClF3N7O3/c25-16-7-5-15(6-8-16)22-32-34(23(38)33(22)11-20(37)24(26,27)28)12-21-30-13-35(31-21)18-2-1-9-29-17(18)10-19(36)14-3-4-14/h1-2,5-9,13-14,20,37H,3-4,10-12H2/t20-/m0/s1. The predicted octanol–water partition coefficient (Wildman–Crippen LogP) is 2.83. The maximum absolute atomic E-state index is 13.1. The van der Waals surface area contributed by atoms with E-state index < -0.39 is 24.5 Å². The average molecular weight is 548 g/mol. The molecule has 1 aliphatic carbocycles. The van der Waals surface area contributed by atoms with Crippen molar-refractivity contribution in [3.05, 3.63) is 75.9 Å². The minimum Gasteiger partial charge on any atom is -0.382 e. The van der Waals surface area contributed by atoms with Crippen LogP contribution in [0.2, 0.25) is 5.02 Å². The molecule has 38 heavy (non-hydrogen) atoms. The summed E-state index contributed by atoms with van der Waals surface area (Å²) in [6.45, 7) is -1.30. The summed E-state index contributed by atoms with van der Waals surface area (Å²) in [6, 6.07) is 9.45. The number of aliphatic hydroxyl groups is 1. The molecule has 1 saturated carbocycles. The van der Waals surface area contributed by atoms with Crippen LogP contribution in [0.5, 0.6) is 0 Å². The van der Waals surface area contributed by atoms with E-state index in [1.54, 1.807) is 18.3 Å². The molecule has 1 N–H and O–H groups in total. The minimum absolute atomic E-state index is 0.0730. The zero-order valence-electron chi connectivity index (χ0n) is 19.7. The van der Waals surface area contributed by atoms with Gasteiger partial charge in [-0.05, 0) is 49.2 Å². The summed E-state index contributed by atoms with van der Waals surface area (Å²) < 4.78 is 42.3. The van der Waals surface area contributed by atoms with Crippen molar-refractivity contribution in [3.63, 3.8) is 0 Å². The third kappa shape index (κ3) is 5.53. The van der Waals surface area contributed by atoms with Crippen LogP contribution in [-0.4, -0.2) is 57.3 Å². The lowest BCUT2D eigenvalue weighted by Crippen LogP contribution is -2.37. The van der Waals surface area contributed by atoms with Crippen LogP contribution in [-0.2, 0) is 24.3 Å². The van der Waals surface area contributed by atoms with E-state index in [1.165, 1.54) is 35.3 Å². The second-order valence-corrected chi connectivity index (χ2v) is 9.37. The highest BCUT2D eigenvalue weighted by atomic mass is 35.5. The van der Waals surface area contributed by atoms with Gasteiger partial charge in [-0.1, -0.05) is 11.6 Å². The van der Waals surface area contributed by atoms with Gasteiger partial charge in [-0.2, -0.15) is 13.2 Å². The zero-order chi connectivity index (χ0) is 27.0. The van der Waals surface area contributed by atoms with E-state index in [0.717, 1.165) is 22.1 Å². The molecule has 3 aromatic heterocycles. The molecule has 10 nitrogen and oxygen atoms in total. The van der Waals surface area contributed by atoms with Crippen LogP contribution < -0.4 is 5.69 Å². The number of nitrogens with zero attached hydrogens (tertiary/aromatic N) is 7. The minimum atomic E-state index is -4.93. The van der Waals surface area contributed by atoms with Gasteiger partial charge in [0.2, 0.25) is 0 Å². The number of alkyl halides is 3. The van der Waals surface area contributed by atoms with Crippen molar-refractivity contribution in [1.29, 1.82) is 0 Å². The number of carbonyl (C=O) groups is 1. The highest BCUT2D eigenvalue weighted by molar-refractivity contribution is 6.30. The predicted molar refractivity (Wildman–Crippen MR) is 129 cm³/mol. The van der Waals surface area contributed by atoms with E-state index in [9.17, 15) is 27.9 Å². The van der Waals surface area contributed by atoms with E-state index in [4.69, 9.17) is 11.6 Å². The molecule has 4 aromatic rings. The van der Waals surface area contributed by atoms with Gasteiger partial charge in [0.05, 0.1) is 24.3 Å². The number of carbonyl (C=O) groups excluding carboxylic acids is 1. The number of hydrogen-bond acceptors (Lipinski definition) is 7. The van der Waals surface area contributed by atoms with Gasteiger partial charge >= 0.3 is 11.9 Å². The zero-order valence-corrected chi connectivity index (χ0v) is 20.5. The molecule has 0 unspecified atom stereocenters. The number of ketones is 1. The molecular weight excluding hydrogens is 527 g/mol. The SMILES string of the molecule is O=C(Cc1ncccc1-n1cnc(Cn2nc(-c3ccc(Cl)cc3)n(C[C@H](O)C(F)(F)F)c2=O)n1)C1CC1. The first-order valence-electron chi connectivity index (χ1n) is 11.7. The molecule has 0 bridgehead atoms. The Morgan fingerprint density at radius 1 is 1.13 bits per heavy atom. The lowest BCUT2D eigenvalue weighted by molar-refractivity contribution is -0.207. The first kappa shape index (κ1) is 25.8. The van der Waals surface area contributed by atoms with Crippen molar-refractivity contribution in [2.24, 2.45) is 5.92 Å². The summed E-state index contributed by atoms with van der Waals surface area (Å²) in [5.74, 6) is 0.253. The Hall–Kier alpha value is -3.84. The molecule has 0 radical (unpaired) electrons. The first-order valence-corrected chi connectivity index (χ1v) is 12.0. The van der Waals surface area contributed by atoms with Crippen LogP contribution >= 0.6 is 11.6 Å². The molecule has 3 heterocycles. The van der Waals surface area contributed by atoms with Crippen molar-refractivity contribution < 1.29 is 23.1 Å². The number of aliphatic hydroxyl groups excluding tert-OH is 1. The summed E-state index contributed by atoms with van der Waals surface area (Å²) in [5, 5.41) is 18.6. The summed E-state index contributed by atoms with van der Waals surface area (Å²) >= 11 is 5.91. The molecule has 0 saturated heterocycles. The molecule has 198 valence electrons. The van der Waals surface area contributed by atoms with Gasteiger partial charge < -0.3 is 5.11 Å². The summed E-state index contributed by atoms with van der Waals surface area (Å²) in [6.07, 6.45) is -2.80. The third-order valence-electron chi connectivity index (χ3n) is 6.08. The molecule has 1 aromatic carbocycles. The fraction of sp³-hybridized carbons (Fsp3) is 0.333. The lowest BCUT2D eigenvalue weighted by Gasteiger charge is -2.15. The van der Waals surface area contributed by atoms with Crippen LogP contribution in [0, 0.1) is 5.92 Å². The summed E-state index contributed by atoms with van der Waals surface area (Å²) in [7, 11) is 0. The van der Waals surface area contributed by atoms with Crippen LogP contribution in [0.25, 0.3) is 17.1 Å². The van der Waals surface area contributed by atoms with E-state index >= 15 is 0 Å². The van der Waals surface area contributed by atoms with Crippen molar-refractivity contribution >= 4 is 17.4 Å². The summed E-state index contributed by atoms with van der Waals surface area (Å²) in [4.78, 5) is 33.9. The van der Waals surface area contributed by atoms with Crippen LogP contribution in [0.1, 0.15) is 24.4 Å². The van der Waals surface area contributed by atoms with Crippen LogP contribution in [0.4, 0.5) is 13.2 Å². The molecule has 14 heteroatoms. The molecule has 0 amide bonds. The number of rotatable bonds is 9. The fourth-order valence-electron chi connectivity index (χ4n) is 3.91. The average Bonchev–Trinajstić information content (AvgIpc) is 3.57. The maximum atomic E-state index is 13.1. The van der Waals surface area contributed by atoms with E-state index in [1.807, 2.05) is 0 Å². The molecule has 0 spiro atoms. The quantitative estimate of drug-likeness (QED) is 0.342. The normalized spacial score (nSPS) is 14.6. The molecule has 1 aliphatic rings. The Morgan fingerprint density at radius 3 is 2.55 bits per heavy atom. The highest BCUT2D eigenvalue weighted by Gasteiger charge is 2.39. The second-order valence-electron chi connectivity index (χ2n) is 8.93. The number of Topliss-reactive ketones (excluding diaryl/α,β-unsaturated/α-hetero) is 1. The van der Waals surface area contributed by atoms with Crippen molar-refractivity contribution in [3.8, 4) is 17.1 Å². The lowest BCUT2D eigenvalue weighted by atomic mass is 10.1. The van der Waals surface area contributed by atoms with Crippen LogP contribution in [0.15, 0.2) is 53.7 Å². The van der Waals surface area contributed by atoms with Gasteiger partial charge in [0.15, 0.2) is 17.8 Å². The molecular formula is C24H21ClF3N7O3. The Kier molecular flexibility index (Phi) is 6.88. The monoisotopic (exact) mass is 547 g/mol. The molecule has 0 aliphatic heterocycles. The van der Waals surface area contributed by atoms with E-state index in [2.05, 4.69) is 20.2 Å². The van der Waals surface area contributed by atoms with Gasteiger partial charge in [0, 0.05) is 22.7 Å². The highest BCUT2D eigenvalue weighted by Crippen LogP contribution is 2.31. The molecule has 1 atom stereocenters. The Bertz CT molecular complexity index is 1520. The maximum Gasteiger partial charge on any atom is 0.416 e. The number of hydrogen-bond donors (Lipinski definition) is 1. The topological polar surface area (TPSA) is 121 Å². The second kappa shape index (κ2) is 10.1. The number of aromatic nitrogens is 7. The van der Waals surface area contributed by atoms with Crippen LogP contribution in [0.3, 0.4) is 0 Å². The fourth-order valence-corrected chi connectivity index (χ4v) is 4.03. The van der Waals surface area contributed by atoms with E-state index in [-0.39, 0.29) is 36.3 Å². The first-order chi connectivity index (χ1) is 18.1. The molecule has 1 fully saturated rings. The number of halogens is 4. The Balaban J connectivity index is 1.45. The van der Waals surface area contributed by atoms with Crippen molar-refractivity contribution in [2.45, 2.75) is 44.6 Å². The third-order valence-corrected chi connectivity index (χ3v) is 6.33. The number of benzene rings is 1. The van der Waals surface area contributed by atoms with Gasteiger partial charge in [0.25, 0.3) is 0 Å². The van der Waals surface area contributed by atoms with Gasteiger partial charge in [0.1, 0.15) is 18.7 Å². The van der Waals surface area contributed by atoms with Gasteiger partial charge in [-0.25, -0.2) is 19.1 Å². The Morgan fingerprint density at radius 2 is 1.87 bits per heavy atom. The number of pyridine rings is 1. The Labute approximate surface area is 218 Å². The largest absolute Gasteiger partial charge is 0.416 e. The van der Waals surface area contributed by atoms with Gasteiger partial charge in [-0.3, -0.25) is 14.3 Å². The van der Waals surface area contributed by atoms with Crippen molar-refractivity contribution in [1.82, 2.24) is 34.1 Å². The van der Waals surface area contributed by atoms with Gasteiger partial charge in [-0.15, -0.1) is 10.2 Å². The molecule has 5 rings (SSSR count). The summed E-state index contributed by atoms with van der Waals surface area (Å²) in [5.41, 5.74) is 0.534. The van der Waals surface area contributed by atoms with E-state index in [0.29, 0.717) is 22.0 Å². The van der Waals surface area contributed by atoms with Crippen molar-refractivity contribution in [2.75, 3.05) is 0 Å².